The van der Waals surface area contributed by atoms with Gasteiger partial charge in [0.05, 0.1) is 25.5 Å². The minimum absolute atomic E-state index is 0.380. The predicted octanol–water partition coefficient (Wildman–Crippen LogP) is 2.86. The van der Waals surface area contributed by atoms with Crippen LogP contribution in [0.25, 0.3) is 0 Å². The number of rotatable bonds is 4. The molecule has 2 aromatic rings. The van der Waals surface area contributed by atoms with Crippen molar-refractivity contribution < 1.29 is 19.0 Å². The molecule has 0 fully saturated rings. The van der Waals surface area contributed by atoms with Gasteiger partial charge in [0, 0.05) is 0 Å². The molecule has 0 heterocycles. The van der Waals surface area contributed by atoms with Gasteiger partial charge in [-0.2, -0.15) is 0 Å². The average molecular weight is 273 g/mol. The maximum Gasteiger partial charge on any atom is 0.337 e. The van der Waals surface area contributed by atoms with Gasteiger partial charge < -0.3 is 19.9 Å². The normalized spacial score (nSPS) is 9.90. The summed E-state index contributed by atoms with van der Waals surface area (Å²) < 4.78 is 15.4. The van der Waals surface area contributed by atoms with Crippen LogP contribution in [0.5, 0.6) is 17.2 Å². The molecule has 0 aliphatic heterocycles. The molecular weight excluding hydrogens is 258 g/mol. The van der Waals surface area contributed by atoms with Crippen LogP contribution in [0.4, 0.5) is 5.69 Å². The molecule has 0 atom stereocenters. The number of hydrogen-bond acceptors (Lipinski definition) is 5. The monoisotopic (exact) mass is 273 g/mol. The molecule has 5 nitrogen and oxygen atoms in total. The summed E-state index contributed by atoms with van der Waals surface area (Å²) in [5.41, 5.74) is 6.65. The Hall–Kier alpha value is -2.69. The zero-order valence-corrected chi connectivity index (χ0v) is 11.3. The van der Waals surface area contributed by atoms with Crippen LogP contribution in [0.15, 0.2) is 42.5 Å². The molecule has 0 spiro atoms. The van der Waals surface area contributed by atoms with E-state index in [2.05, 4.69) is 4.74 Å². The molecule has 0 saturated carbocycles. The summed E-state index contributed by atoms with van der Waals surface area (Å²) in [5, 5.41) is 0. The third-order valence-electron chi connectivity index (χ3n) is 2.72. The number of nitrogen functional groups attached to an aromatic ring is 1. The zero-order chi connectivity index (χ0) is 14.5. The van der Waals surface area contributed by atoms with Gasteiger partial charge in [-0.15, -0.1) is 0 Å². The van der Waals surface area contributed by atoms with Gasteiger partial charge in [-0.05, 0) is 42.5 Å². The number of carbonyl (C=O) groups is 1. The fraction of sp³-hybridized carbons (Fsp3) is 0.133. The SMILES string of the molecule is COC(=O)c1ccc(N)c(Oc2ccc(OC)cc2)c1. The Balaban J connectivity index is 2.25. The summed E-state index contributed by atoms with van der Waals surface area (Å²) >= 11 is 0. The lowest BCUT2D eigenvalue weighted by molar-refractivity contribution is 0.0600. The first-order valence-corrected chi connectivity index (χ1v) is 5.94. The summed E-state index contributed by atoms with van der Waals surface area (Å²) in [6.07, 6.45) is 0. The van der Waals surface area contributed by atoms with E-state index in [1.807, 2.05) is 0 Å². The van der Waals surface area contributed by atoms with Crippen molar-refractivity contribution in [2.75, 3.05) is 20.0 Å². The highest BCUT2D eigenvalue weighted by molar-refractivity contribution is 5.90. The molecule has 5 heteroatoms. The second-order valence-corrected chi connectivity index (χ2v) is 4.02. The third kappa shape index (κ3) is 3.00. The Kier molecular flexibility index (Phi) is 4.10. The van der Waals surface area contributed by atoms with E-state index in [4.69, 9.17) is 15.2 Å². The number of ether oxygens (including phenoxy) is 3. The molecule has 0 aliphatic rings. The fourth-order valence-corrected chi connectivity index (χ4v) is 1.64. The van der Waals surface area contributed by atoms with Gasteiger partial charge in [0.2, 0.25) is 0 Å². The molecule has 20 heavy (non-hydrogen) atoms. The van der Waals surface area contributed by atoms with E-state index in [1.165, 1.54) is 7.11 Å². The minimum atomic E-state index is -0.440. The van der Waals surface area contributed by atoms with E-state index in [1.54, 1.807) is 49.6 Å². The van der Waals surface area contributed by atoms with Crippen LogP contribution in [0.1, 0.15) is 10.4 Å². The second-order valence-electron chi connectivity index (χ2n) is 4.02. The summed E-state index contributed by atoms with van der Waals surface area (Å²) in [6, 6.07) is 11.8. The molecule has 104 valence electrons. The molecule has 0 saturated heterocycles. The number of carbonyl (C=O) groups excluding carboxylic acids is 1. The highest BCUT2D eigenvalue weighted by Gasteiger charge is 2.10. The van der Waals surface area contributed by atoms with Crippen LogP contribution < -0.4 is 15.2 Å². The van der Waals surface area contributed by atoms with Gasteiger partial charge in [0.15, 0.2) is 5.75 Å². The van der Waals surface area contributed by atoms with Gasteiger partial charge in [-0.3, -0.25) is 0 Å². The van der Waals surface area contributed by atoms with Crippen molar-refractivity contribution in [1.82, 2.24) is 0 Å². The van der Waals surface area contributed by atoms with Crippen LogP contribution in [0, 0.1) is 0 Å². The van der Waals surface area contributed by atoms with Gasteiger partial charge in [-0.1, -0.05) is 0 Å². The lowest BCUT2D eigenvalue weighted by Gasteiger charge is -2.10. The molecule has 0 bridgehead atoms. The van der Waals surface area contributed by atoms with Gasteiger partial charge in [-0.25, -0.2) is 4.79 Å². The maximum atomic E-state index is 11.5. The van der Waals surface area contributed by atoms with E-state index in [0.717, 1.165) is 5.75 Å². The van der Waals surface area contributed by atoms with E-state index >= 15 is 0 Å². The second kappa shape index (κ2) is 5.97. The summed E-state index contributed by atoms with van der Waals surface area (Å²) in [6.45, 7) is 0. The maximum absolute atomic E-state index is 11.5. The Morgan fingerprint density at radius 2 is 1.65 bits per heavy atom. The number of esters is 1. The lowest BCUT2D eigenvalue weighted by Crippen LogP contribution is -2.02. The fourth-order valence-electron chi connectivity index (χ4n) is 1.64. The van der Waals surface area contributed by atoms with Crippen molar-refractivity contribution >= 4 is 11.7 Å². The first kappa shape index (κ1) is 13.7. The molecule has 0 radical (unpaired) electrons. The molecule has 0 unspecified atom stereocenters. The quantitative estimate of drug-likeness (QED) is 0.685. The molecule has 0 amide bonds. The van der Waals surface area contributed by atoms with Gasteiger partial charge >= 0.3 is 5.97 Å². The average Bonchev–Trinajstić information content (AvgIpc) is 2.49. The summed E-state index contributed by atoms with van der Waals surface area (Å²) in [7, 11) is 2.91. The first-order chi connectivity index (χ1) is 9.63. The van der Waals surface area contributed by atoms with Crippen LogP contribution in [0.2, 0.25) is 0 Å². The number of hydrogen-bond donors (Lipinski definition) is 1. The Bertz CT molecular complexity index is 608. The Morgan fingerprint density at radius 3 is 2.25 bits per heavy atom. The highest BCUT2D eigenvalue weighted by Crippen LogP contribution is 2.29. The molecule has 2 aromatic carbocycles. The van der Waals surface area contributed by atoms with E-state index in [0.29, 0.717) is 22.7 Å². The van der Waals surface area contributed by atoms with Crippen LogP contribution in [-0.2, 0) is 4.74 Å². The van der Waals surface area contributed by atoms with Gasteiger partial charge in [0.25, 0.3) is 0 Å². The molecule has 2 N–H and O–H groups in total. The zero-order valence-electron chi connectivity index (χ0n) is 11.3. The first-order valence-electron chi connectivity index (χ1n) is 5.94. The number of methoxy groups -OCH3 is 2. The standard InChI is InChI=1S/C15H15NO4/c1-18-11-4-6-12(7-5-11)20-14-9-10(15(17)19-2)3-8-13(14)16/h3-9H,16H2,1-2H3. The smallest absolute Gasteiger partial charge is 0.337 e. The van der Waals surface area contributed by atoms with Crippen molar-refractivity contribution in [2.45, 2.75) is 0 Å². The minimum Gasteiger partial charge on any atom is -0.497 e. The summed E-state index contributed by atoms with van der Waals surface area (Å²) in [4.78, 5) is 11.5. The van der Waals surface area contributed by atoms with Crippen LogP contribution >= 0.6 is 0 Å². The Morgan fingerprint density at radius 1 is 1.00 bits per heavy atom. The topological polar surface area (TPSA) is 70.8 Å². The van der Waals surface area contributed by atoms with E-state index in [-0.39, 0.29) is 0 Å². The molecule has 0 aromatic heterocycles. The third-order valence-corrected chi connectivity index (χ3v) is 2.72. The Labute approximate surface area is 116 Å². The van der Waals surface area contributed by atoms with Crippen molar-refractivity contribution in [3.63, 3.8) is 0 Å². The molecule has 2 rings (SSSR count). The summed E-state index contributed by atoms with van der Waals surface area (Å²) in [5.74, 6) is 1.29. The number of anilines is 1. The number of benzene rings is 2. The lowest BCUT2D eigenvalue weighted by atomic mass is 10.2. The van der Waals surface area contributed by atoms with Crippen molar-refractivity contribution in [2.24, 2.45) is 0 Å². The van der Waals surface area contributed by atoms with E-state index < -0.39 is 5.97 Å². The number of nitrogens with two attached hydrogens (primary N) is 1. The van der Waals surface area contributed by atoms with Crippen molar-refractivity contribution in [3.05, 3.63) is 48.0 Å². The van der Waals surface area contributed by atoms with Crippen LogP contribution in [-0.4, -0.2) is 20.2 Å². The molecular formula is C15H15NO4. The van der Waals surface area contributed by atoms with Crippen molar-refractivity contribution in [1.29, 1.82) is 0 Å². The highest BCUT2D eigenvalue weighted by atomic mass is 16.5. The van der Waals surface area contributed by atoms with Crippen molar-refractivity contribution in [3.8, 4) is 17.2 Å². The van der Waals surface area contributed by atoms with E-state index in [9.17, 15) is 4.79 Å². The van der Waals surface area contributed by atoms with Crippen LogP contribution in [0.3, 0.4) is 0 Å². The van der Waals surface area contributed by atoms with Gasteiger partial charge in [0.1, 0.15) is 11.5 Å². The largest absolute Gasteiger partial charge is 0.497 e. The predicted molar refractivity (Wildman–Crippen MR) is 75.3 cm³/mol. The molecule has 0 aliphatic carbocycles.